The quantitative estimate of drug-likeness (QED) is 0.904. The molecule has 112 valence electrons. The molecular weight excluding hydrogens is 296 g/mol. The molecule has 0 radical (unpaired) electrons. The second-order valence-electron chi connectivity index (χ2n) is 4.98. The van der Waals surface area contributed by atoms with Gasteiger partial charge in [-0.1, -0.05) is 35.4 Å². The van der Waals surface area contributed by atoms with Gasteiger partial charge in [-0.25, -0.2) is 8.78 Å². The molecule has 3 N–H and O–H groups in total. The molecule has 0 fully saturated rings. The van der Waals surface area contributed by atoms with E-state index in [1.807, 2.05) is 0 Å². The molecule has 2 unspecified atom stereocenters. The van der Waals surface area contributed by atoms with E-state index >= 15 is 0 Å². The number of benzene rings is 2. The van der Waals surface area contributed by atoms with Crippen LogP contribution in [0.15, 0.2) is 36.4 Å². The maximum atomic E-state index is 13.9. The van der Waals surface area contributed by atoms with Crippen LogP contribution in [0.5, 0.6) is 0 Å². The van der Waals surface area contributed by atoms with E-state index in [-0.39, 0.29) is 17.1 Å². The highest BCUT2D eigenvalue weighted by Gasteiger charge is 2.26. The highest BCUT2D eigenvalue weighted by Crippen LogP contribution is 2.35. The van der Waals surface area contributed by atoms with Gasteiger partial charge in [-0.3, -0.25) is 0 Å². The van der Waals surface area contributed by atoms with Crippen LogP contribution in [-0.4, -0.2) is 11.7 Å². The van der Waals surface area contributed by atoms with Crippen molar-refractivity contribution < 1.29 is 13.9 Å². The van der Waals surface area contributed by atoms with Crippen LogP contribution >= 0.6 is 11.6 Å². The van der Waals surface area contributed by atoms with Crippen molar-refractivity contribution in [3.63, 3.8) is 0 Å². The van der Waals surface area contributed by atoms with Gasteiger partial charge in [0, 0.05) is 23.0 Å². The first kappa shape index (κ1) is 15.9. The highest BCUT2D eigenvalue weighted by molar-refractivity contribution is 6.31. The summed E-state index contributed by atoms with van der Waals surface area (Å²) in [7, 11) is 0. The summed E-state index contributed by atoms with van der Waals surface area (Å²) < 4.78 is 27.0. The van der Waals surface area contributed by atoms with E-state index in [9.17, 15) is 13.9 Å². The molecule has 0 aromatic heterocycles. The lowest BCUT2D eigenvalue weighted by Crippen LogP contribution is -2.21. The average molecular weight is 312 g/mol. The van der Waals surface area contributed by atoms with Crippen molar-refractivity contribution in [3.8, 4) is 0 Å². The molecule has 0 aliphatic rings. The number of rotatable bonds is 4. The van der Waals surface area contributed by atoms with E-state index in [0.29, 0.717) is 5.56 Å². The highest BCUT2D eigenvalue weighted by atomic mass is 35.5. The Bertz CT molecular complexity index is 648. The molecule has 0 aliphatic carbocycles. The number of aliphatic hydroxyl groups is 1. The number of aryl methyl sites for hydroxylation is 1. The molecule has 2 aromatic carbocycles. The molecule has 0 aliphatic heterocycles. The van der Waals surface area contributed by atoms with Crippen LogP contribution in [0.25, 0.3) is 0 Å². The zero-order chi connectivity index (χ0) is 15.6. The van der Waals surface area contributed by atoms with Crippen LogP contribution in [0, 0.1) is 18.6 Å². The molecule has 0 saturated carbocycles. The smallest absolute Gasteiger partial charge is 0.129 e. The maximum absolute atomic E-state index is 13.9. The third kappa shape index (κ3) is 3.40. The minimum absolute atomic E-state index is 0.0555. The van der Waals surface area contributed by atoms with E-state index < -0.39 is 23.7 Å². The lowest BCUT2D eigenvalue weighted by molar-refractivity contribution is 0.143. The van der Waals surface area contributed by atoms with E-state index in [1.165, 1.54) is 18.2 Å². The van der Waals surface area contributed by atoms with Crippen LogP contribution in [-0.2, 0) is 0 Å². The van der Waals surface area contributed by atoms with E-state index in [1.54, 1.807) is 19.1 Å². The van der Waals surface area contributed by atoms with Crippen LogP contribution in [0.3, 0.4) is 0 Å². The fourth-order valence-corrected chi connectivity index (χ4v) is 2.64. The van der Waals surface area contributed by atoms with Gasteiger partial charge in [-0.15, -0.1) is 0 Å². The summed E-state index contributed by atoms with van der Waals surface area (Å²) in [5.74, 6) is -1.60. The third-order valence-electron chi connectivity index (χ3n) is 3.47. The van der Waals surface area contributed by atoms with Crippen LogP contribution in [0.1, 0.15) is 28.7 Å². The fourth-order valence-electron chi connectivity index (χ4n) is 2.33. The molecule has 0 amide bonds. The summed E-state index contributed by atoms with van der Waals surface area (Å²) in [6, 6.07) is 8.34. The molecule has 0 bridgehead atoms. The summed E-state index contributed by atoms with van der Waals surface area (Å²) in [6.45, 7) is 1.86. The largest absolute Gasteiger partial charge is 0.388 e. The Morgan fingerprint density at radius 2 is 1.86 bits per heavy atom. The Balaban J connectivity index is 2.43. The summed E-state index contributed by atoms with van der Waals surface area (Å²) in [4.78, 5) is 0. The Morgan fingerprint density at radius 3 is 2.48 bits per heavy atom. The zero-order valence-electron chi connectivity index (χ0n) is 11.5. The van der Waals surface area contributed by atoms with Crippen molar-refractivity contribution >= 4 is 11.6 Å². The van der Waals surface area contributed by atoms with Crippen molar-refractivity contribution in [1.82, 2.24) is 0 Å². The van der Waals surface area contributed by atoms with Gasteiger partial charge in [-0.2, -0.15) is 0 Å². The maximum Gasteiger partial charge on any atom is 0.129 e. The second kappa shape index (κ2) is 6.52. The SMILES string of the molecule is Cc1ccc(F)c(C(O)C(CN)c2ccc(F)cc2Cl)c1. The predicted molar refractivity (Wildman–Crippen MR) is 79.3 cm³/mol. The zero-order valence-corrected chi connectivity index (χ0v) is 12.2. The Morgan fingerprint density at radius 1 is 1.14 bits per heavy atom. The molecular formula is C16H16ClF2NO. The molecule has 2 atom stereocenters. The van der Waals surface area contributed by atoms with Crippen molar-refractivity contribution in [3.05, 3.63) is 69.7 Å². The standard InChI is InChI=1S/C16H16ClF2NO/c1-9-2-5-15(19)12(6-9)16(21)13(8-20)11-4-3-10(18)7-14(11)17/h2-7,13,16,21H,8,20H2,1H3. The summed E-state index contributed by atoms with van der Waals surface area (Å²) in [5.41, 5.74) is 7.18. The van der Waals surface area contributed by atoms with E-state index in [0.717, 1.165) is 11.6 Å². The normalized spacial score (nSPS) is 14.0. The van der Waals surface area contributed by atoms with E-state index in [4.69, 9.17) is 17.3 Å². The molecule has 0 saturated heterocycles. The lowest BCUT2D eigenvalue weighted by atomic mass is 9.88. The Hall–Kier alpha value is -1.49. The average Bonchev–Trinajstić information content (AvgIpc) is 2.44. The van der Waals surface area contributed by atoms with Gasteiger partial charge < -0.3 is 10.8 Å². The molecule has 2 rings (SSSR count). The van der Waals surface area contributed by atoms with Crippen molar-refractivity contribution in [1.29, 1.82) is 0 Å². The number of halogens is 3. The van der Waals surface area contributed by atoms with Crippen molar-refractivity contribution in [2.75, 3.05) is 6.54 Å². The summed E-state index contributed by atoms with van der Waals surface area (Å²) >= 11 is 6.01. The third-order valence-corrected chi connectivity index (χ3v) is 3.79. The van der Waals surface area contributed by atoms with Gasteiger partial charge in [0.25, 0.3) is 0 Å². The topological polar surface area (TPSA) is 46.2 Å². The second-order valence-corrected chi connectivity index (χ2v) is 5.39. The van der Waals surface area contributed by atoms with Crippen LogP contribution < -0.4 is 5.73 Å². The van der Waals surface area contributed by atoms with Gasteiger partial charge >= 0.3 is 0 Å². The van der Waals surface area contributed by atoms with Gasteiger partial charge in [0.15, 0.2) is 0 Å². The minimum Gasteiger partial charge on any atom is -0.388 e. The monoisotopic (exact) mass is 311 g/mol. The Kier molecular flexibility index (Phi) is 4.93. The predicted octanol–water partition coefficient (Wildman–Crippen LogP) is 3.70. The van der Waals surface area contributed by atoms with Gasteiger partial charge in [0.2, 0.25) is 0 Å². The number of aliphatic hydroxyl groups excluding tert-OH is 1. The summed E-state index contributed by atoms with van der Waals surface area (Å²) in [5, 5.41) is 10.6. The molecule has 21 heavy (non-hydrogen) atoms. The van der Waals surface area contributed by atoms with Crippen molar-refractivity contribution in [2.24, 2.45) is 5.73 Å². The molecule has 5 heteroatoms. The van der Waals surface area contributed by atoms with Gasteiger partial charge in [-0.05, 0) is 30.7 Å². The first-order valence-corrected chi connectivity index (χ1v) is 6.91. The van der Waals surface area contributed by atoms with Gasteiger partial charge in [0.05, 0.1) is 6.10 Å². The van der Waals surface area contributed by atoms with E-state index in [2.05, 4.69) is 0 Å². The summed E-state index contributed by atoms with van der Waals surface area (Å²) in [6.07, 6.45) is -1.15. The Labute approximate surface area is 127 Å². The van der Waals surface area contributed by atoms with Gasteiger partial charge in [0.1, 0.15) is 11.6 Å². The van der Waals surface area contributed by atoms with Crippen molar-refractivity contribution in [2.45, 2.75) is 18.9 Å². The lowest BCUT2D eigenvalue weighted by Gasteiger charge is -2.24. The molecule has 2 aromatic rings. The van der Waals surface area contributed by atoms with Crippen LogP contribution in [0.4, 0.5) is 8.78 Å². The fraction of sp³-hybridized carbons (Fsp3) is 0.250. The molecule has 0 spiro atoms. The first-order chi connectivity index (χ1) is 9.93. The first-order valence-electron chi connectivity index (χ1n) is 6.53. The minimum atomic E-state index is -1.15. The number of nitrogens with two attached hydrogens (primary N) is 1. The number of hydrogen-bond donors (Lipinski definition) is 2. The van der Waals surface area contributed by atoms with Crippen LogP contribution in [0.2, 0.25) is 5.02 Å². The number of hydrogen-bond acceptors (Lipinski definition) is 2. The molecule has 2 nitrogen and oxygen atoms in total. The molecule has 0 heterocycles.